The Morgan fingerprint density at radius 2 is 1.86 bits per heavy atom. The monoisotopic (exact) mass is 631 g/mol. The van der Waals surface area contributed by atoms with Crippen molar-refractivity contribution in [3.8, 4) is 11.5 Å². The van der Waals surface area contributed by atoms with Crippen LogP contribution in [0.5, 0.6) is 11.5 Å². The molecular weight excluding hydrogens is 593 g/mol. The number of rotatable bonds is 10. The Balaban J connectivity index is 1.46. The van der Waals surface area contributed by atoms with Gasteiger partial charge in [0.2, 0.25) is 0 Å². The van der Waals surface area contributed by atoms with Gasteiger partial charge in [0.1, 0.15) is 23.3 Å². The van der Waals surface area contributed by atoms with Gasteiger partial charge in [-0.3, -0.25) is 4.79 Å². The minimum absolute atomic E-state index is 0.0102. The molecule has 1 aliphatic rings. The molecule has 1 heterocycles. The molecule has 3 aromatic rings. The third-order valence-electron chi connectivity index (χ3n) is 7.40. The van der Waals surface area contributed by atoms with Gasteiger partial charge in [-0.2, -0.15) is 0 Å². The highest BCUT2D eigenvalue weighted by molar-refractivity contribution is 6.31. The zero-order valence-corrected chi connectivity index (χ0v) is 26.6. The molecule has 13 heteroatoms. The molecule has 0 radical (unpaired) electrons. The molecule has 0 spiro atoms. The number of ether oxygens (including phenoxy) is 4. The van der Waals surface area contributed by atoms with Crippen molar-refractivity contribution >= 4 is 46.1 Å². The Morgan fingerprint density at radius 3 is 2.52 bits per heavy atom. The summed E-state index contributed by atoms with van der Waals surface area (Å²) in [5.41, 5.74) is -0.768. The van der Waals surface area contributed by atoms with E-state index in [1.54, 1.807) is 31.3 Å². The highest BCUT2D eigenvalue weighted by Gasteiger charge is 2.43. The Morgan fingerprint density at radius 1 is 1.14 bits per heavy atom. The van der Waals surface area contributed by atoms with Gasteiger partial charge < -0.3 is 34.5 Å². The molecule has 1 aromatic heterocycles. The van der Waals surface area contributed by atoms with E-state index >= 15 is 0 Å². The predicted octanol–water partition coefficient (Wildman–Crippen LogP) is 5.86. The summed E-state index contributed by atoms with van der Waals surface area (Å²) in [4.78, 5) is 35.4. The van der Waals surface area contributed by atoms with E-state index in [9.17, 15) is 14.0 Å². The van der Waals surface area contributed by atoms with Gasteiger partial charge in [-0.15, -0.1) is 0 Å². The number of nitrogens with one attached hydrogen (secondary N) is 2. The third-order valence-corrected chi connectivity index (χ3v) is 7.69. The summed E-state index contributed by atoms with van der Waals surface area (Å²) in [6.45, 7) is 6.15. The zero-order chi connectivity index (χ0) is 32.1. The van der Waals surface area contributed by atoms with Gasteiger partial charge >= 0.3 is 12.1 Å². The summed E-state index contributed by atoms with van der Waals surface area (Å²) in [6.07, 6.45) is 2.73. The standard InChI is InChI=1S/C31H39ClFN5O6/c1-30(2,3)44-29(40)38(4)15-14-36-31(28(39)42-6)12-10-19(11-13-31)43-25-16-20-23(17-24(25)41-5)34-18-35-27(20)37-22-9-7-8-21(32)26(22)33/h7-9,16-19,36H,10-15H2,1-6H3,(H,34,35,37)/t19-,31-. The van der Waals surface area contributed by atoms with Crippen LogP contribution in [-0.2, 0) is 14.3 Å². The van der Waals surface area contributed by atoms with Crippen LogP contribution in [0.25, 0.3) is 10.9 Å². The Bertz CT molecular complexity index is 1490. The molecule has 0 bridgehead atoms. The number of aromatic nitrogens is 2. The lowest BCUT2D eigenvalue weighted by Gasteiger charge is -2.39. The van der Waals surface area contributed by atoms with E-state index in [-0.39, 0.29) is 22.8 Å². The molecule has 0 aliphatic heterocycles. The van der Waals surface area contributed by atoms with Crippen molar-refractivity contribution in [3.05, 3.63) is 47.5 Å². The van der Waals surface area contributed by atoms with Crippen LogP contribution >= 0.6 is 11.6 Å². The molecule has 1 aliphatic carbocycles. The second-order valence-electron chi connectivity index (χ2n) is 11.7. The van der Waals surface area contributed by atoms with Gasteiger partial charge in [-0.05, 0) is 64.7 Å². The number of nitrogens with zero attached hydrogens (tertiary/aromatic N) is 3. The number of hydrogen-bond donors (Lipinski definition) is 2. The normalized spacial score (nSPS) is 18.4. The number of methoxy groups -OCH3 is 2. The van der Waals surface area contributed by atoms with Crippen LogP contribution in [0, 0.1) is 5.82 Å². The molecule has 44 heavy (non-hydrogen) atoms. The minimum atomic E-state index is -0.914. The smallest absolute Gasteiger partial charge is 0.410 e. The maximum Gasteiger partial charge on any atom is 0.410 e. The fraction of sp³-hybridized carbons (Fsp3) is 0.484. The molecule has 4 rings (SSSR count). The fourth-order valence-electron chi connectivity index (χ4n) is 5.07. The summed E-state index contributed by atoms with van der Waals surface area (Å²) in [6, 6.07) is 8.16. The van der Waals surface area contributed by atoms with Gasteiger partial charge in [0.25, 0.3) is 0 Å². The first kappa shape index (κ1) is 33.0. The Kier molecular flexibility index (Phi) is 10.4. The lowest BCUT2D eigenvalue weighted by atomic mass is 9.80. The Hall–Kier alpha value is -3.90. The van der Waals surface area contributed by atoms with Gasteiger partial charge in [0.05, 0.1) is 36.6 Å². The van der Waals surface area contributed by atoms with Crippen molar-refractivity contribution in [2.45, 2.75) is 63.7 Å². The molecular formula is C31H39ClFN5O6. The zero-order valence-electron chi connectivity index (χ0n) is 25.8. The second-order valence-corrected chi connectivity index (χ2v) is 12.1. The van der Waals surface area contributed by atoms with Crippen molar-refractivity contribution in [3.63, 3.8) is 0 Å². The van der Waals surface area contributed by atoms with Gasteiger partial charge in [-0.1, -0.05) is 17.7 Å². The van der Waals surface area contributed by atoms with Crippen molar-refractivity contribution in [1.82, 2.24) is 20.2 Å². The largest absolute Gasteiger partial charge is 0.493 e. The summed E-state index contributed by atoms with van der Waals surface area (Å²) < 4.78 is 37.2. The summed E-state index contributed by atoms with van der Waals surface area (Å²) in [5.74, 6) is 0.362. The molecule has 238 valence electrons. The van der Waals surface area contributed by atoms with Crippen molar-refractivity contribution in [1.29, 1.82) is 0 Å². The van der Waals surface area contributed by atoms with E-state index in [4.69, 9.17) is 30.5 Å². The number of likely N-dealkylation sites (N-methyl/N-ethyl adjacent to an activating group) is 1. The SMILES string of the molecule is COc1cc2ncnc(Nc3cccc(Cl)c3F)c2cc1O[C@H]1CC[C@@](NCCN(C)C(=O)OC(C)(C)C)(C(=O)OC)CC1. The topological polar surface area (TPSA) is 124 Å². The van der Waals surface area contributed by atoms with Crippen LogP contribution in [0.2, 0.25) is 5.02 Å². The molecule has 0 saturated heterocycles. The molecule has 1 fully saturated rings. The number of anilines is 2. The van der Waals surface area contributed by atoms with E-state index in [1.165, 1.54) is 31.5 Å². The van der Waals surface area contributed by atoms with Crippen LogP contribution < -0.4 is 20.1 Å². The molecule has 1 saturated carbocycles. The Labute approximate surface area is 261 Å². The van der Waals surface area contributed by atoms with Crippen molar-refractivity contribution in [2.24, 2.45) is 0 Å². The molecule has 0 unspecified atom stereocenters. The van der Waals surface area contributed by atoms with Gasteiger partial charge in [-0.25, -0.2) is 19.2 Å². The maximum absolute atomic E-state index is 14.6. The highest BCUT2D eigenvalue weighted by atomic mass is 35.5. The number of esters is 1. The lowest BCUT2D eigenvalue weighted by molar-refractivity contribution is -0.151. The van der Waals surface area contributed by atoms with Crippen LogP contribution in [0.15, 0.2) is 36.7 Å². The number of amides is 1. The third kappa shape index (κ3) is 7.78. The number of hydrogen-bond acceptors (Lipinski definition) is 10. The average Bonchev–Trinajstić information content (AvgIpc) is 2.99. The lowest BCUT2D eigenvalue weighted by Crippen LogP contribution is -2.57. The van der Waals surface area contributed by atoms with Crippen molar-refractivity contribution < 1.29 is 32.9 Å². The number of carbonyl (C=O) groups is 2. The van der Waals surface area contributed by atoms with E-state index in [2.05, 4.69) is 20.6 Å². The number of halogens is 2. The summed E-state index contributed by atoms with van der Waals surface area (Å²) in [7, 11) is 4.56. The van der Waals surface area contributed by atoms with Crippen LogP contribution in [-0.4, -0.2) is 78.5 Å². The molecule has 1 amide bonds. The fourth-order valence-corrected chi connectivity index (χ4v) is 5.24. The van der Waals surface area contributed by atoms with E-state index in [1.807, 2.05) is 20.8 Å². The molecule has 11 nitrogen and oxygen atoms in total. The summed E-state index contributed by atoms with van der Waals surface area (Å²) >= 11 is 5.96. The molecule has 2 N–H and O–H groups in total. The number of carbonyl (C=O) groups excluding carboxylic acids is 2. The van der Waals surface area contributed by atoms with Crippen LogP contribution in [0.3, 0.4) is 0 Å². The van der Waals surface area contributed by atoms with Gasteiger partial charge in [0, 0.05) is 31.6 Å². The van der Waals surface area contributed by atoms with Crippen molar-refractivity contribution in [2.75, 3.05) is 39.7 Å². The van der Waals surface area contributed by atoms with Crippen LogP contribution in [0.1, 0.15) is 46.5 Å². The first-order chi connectivity index (χ1) is 20.9. The summed E-state index contributed by atoms with van der Waals surface area (Å²) in [5, 5.41) is 6.92. The van der Waals surface area contributed by atoms with E-state index < -0.39 is 23.1 Å². The van der Waals surface area contributed by atoms with E-state index in [0.717, 1.165) is 0 Å². The number of benzene rings is 2. The number of fused-ring (bicyclic) bond motifs is 1. The maximum atomic E-state index is 14.6. The van der Waals surface area contributed by atoms with Gasteiger partial charge in [0.15, 0.2) is 17.3 Å². The first-order valence-corrected chi connectivity index (χ1v) is 14.7. The first-order valence-electron chi connectivity index (χ1n) is 14.3. The average molecular weight is 632 g/mol. The minimum Gasteiger partial charge on any atom is -0.493 e. The van der Waals surface area contributed by atoms with Crippen LogP contribution in [0.4, 0.5) is 20.7 Å². The quantitative estimate of drug-likeness (QED) is 0.263. The second kappa shape index (κ2) is 13.8. The molecule has 2 aromatic carbocycles. The molecule has 0 atom stereocenters. The predicted molar refractivity (Wildman–Crippen MR) is 165 cm³/mol. The van der Waals surface area contributed by atoms with E-state index in [0.29, 0.717) is 67.0 Å². The highest BCUT2D eigenvalue weighted by Crippen LogP contribution is 2.39.